The number of rotatable bonds is 5. The molecule has 0 radical (unpaired) electrons. The van der Waals surface area contributed by atoms with E-state index >= 15 is 0 Å². The normalized spacial score (nSPS) is 14.7. The van der Waals surface area contributed by atoms with E-state index in [1.54, 1.807) is 0 Å². The van der Waals surface area contributed by atoms with Crippen molar-refractivity contribution in [1.29, 1.82) is 0 Å². The van der Waals surface area contributed by atoms with Crippen molar-refractivity contribution in [2.45, 2.75) is 38.6 Å². The fourth-order valence-electron chi connectivity index (χ4n) is 2.91. The van der Waals surface area contributed by atoms with E-state index in [2.05, 4.69) is 34.6 Å². The molecule has 0 N–H and O–H groups in total. The summed E-state index contributed by atoms with van der Waals surface area (Å²) >= 11 is 0. The zero-order chi connectivity index (χ0) is 14.1. The van der Waals surface area contributed by atoms with Crippen molar-refractivity contribution in [2.24, 2.45) is 7.05 Å². The van der Waals surface area contributed by atoms with Gasteiger partial charge in [0.2, 0.25) is 5.91 Å². The van der Waals surface area contributed by atoms with Crippen molar-refractivity contribution >= 4 is 16.8 Å². The molecule has 20 heavy (non-hydrogen) atoms. The first kappa shape index (κ1) is 13.2. The van der Waals surface area contributed by atoms with E-state index < -0.39 is 0 Å². The molecule has 0 spiro atoms. The lowest BCUT2D eigenvalue weighted by Crippen LogP contribution is -2.35. The Hall–Kier alpha value is -1.77. The van der Waals surface area contributed by atoms with E-state index in [9.17, 15) is 4.79 Å². The maximum atomic E-state index is 12.5. The summed E-state index contributed by atoms with van der Waals surface area (Å²) in [6.07, 6.45) is 3.92. The zero-order valence-electron chi connectivity index (χ0n) is 12.3. The van der Waals surface area contributed by atoms with Crippen LogP contribution in [0.5, 0.6) is 0 Å². The molecule has 0 unspecified atom stereocenters. The van der Waals surface area contributed by atoms with Crippen molar-refractivity contribution in [2.75, 3.05) is 6.54 Å². The van der Waals surface area contributed by atoms with Crippen LogP contribution in [0.3, 0.4) is 0 Å². The molecule has 1 aliphatic carbocycles. The highest BCUT2D eigenvalue weighted by Gasteiger charge is 2.31. The number of hydrogen-bond acceptors (Lipinski definition) is 1. The van der Waals surface area contributed by atoms with Gasteiger partial charge in [-0.2, -0.15) is 0 Å². The molecule has 1 aliphatic rings. The Morgan fingerprint density at radius 1 is 1.35 bits per heavy atom. The molecule has 3 rings (SSSR count). The van der Waals surface area contributed by atoms with Crippen LogP contribution in [0.4, 0.5) is 0 Å². The number of nitrogens with zero attached hydrogens (tertiary/aromatic N) is 2. The van der Waals surface area contributed by atoms with Crippen LogP contribution in [0.25, 0.3) is 10.9 Å². The molecule has 1 aromatic carbocycles. The summed E-state index contributed by atoms with van der Waals surface area (Å²) in [5.41, 5.74) is 2.31. The Balaban J connectivity index is 1.81. The standard InChI is InChI=1S/C17H22N2O/c1-3-10-19(14-8-9-14)17(20)12-15-11-13-6-4-5-7-16(13)18(15)2/h4-7,11,14H,3,8-10,12H2,1-2H3. The maximum Gasteiger partial charge on any atom is 0.228 e. The molecule has 0 atom stereocenters. The molecule has 1 saturated carbocycles. The molecule has 1 fully saturated rings. The van der Waals surface area contributed by atoms with Crippen LogP contribution < -0.4 is 0 Å². The van der Waals surface area contributed by atoms with Crippen molar-refractivity contribution in [3.8, 4) is 0 Å². The van der Waals surface area contributed by atoms with Gasteiger partial charge in [-0.05, 0) is 36.8 Å². The van der Waals surface area contributed by atoms with Gasteiger partial charge in [0.25, 0.3) is 0 Å². The average Bonchev–Trinajstić information content (AvgIpc) is 3.23. The lowest BCUT2D eigenvalue weighted by atomic mass is 10.2. The van der Waals surface area contributed by atoms with Gasteiger partial charge in [-0.3, -0.25) is 4.79 Å². The Kier molecular flexibility index (Phi) is 3.51. The van der Waals surface area contributed by atoms with Crippen molar-refractivity contribution in [3.63, 3.8) is 0 Å². The van der Waals surface area contributed by atoms with Crippen molar-refractivity contribution < 1.29 is 4.79 Å². The summed E-state index contributed by atoms with van der Waals surface area (Å²) in [5.74, 6) is 0.278. The lowest BCUT2D eigenvalue weighted by molar-refractivity contribution is -0.131. The van der Waals surface area contributed by atoms with Gasteiger partial charge in [0, 0.05) is 30.8 Å². The van der Waals surface area contributed by atoms with Gasteiger partial charge < -0.3 is 9.47 Å². The highest BCUT2D eigenvalue weighted by Crippen LogP contribution is 2.28. The molecule has 0 saturated heterocycles. The SMILES string of the molecule is CCCN(C(=O)Cc1cc2ccccc2n1C)C1CC1. The number of carbonyl (C=O) groups excluding carboxylic acids is 1. The Bertz CT molecular complexity index is 625. The van der Waals surface area contributed by atoms with E-state index in [1.807, 2.05) is 19.2 Å². The van der Waals surface area contributed by atoms with E-state index in [1.165, 1.54) is 23.7 Å². The molecule has 1 heterocycles. The fourth-order valence-corrected chi connectivity index (χ4v) is 2.91. The number of hydrogen-bond donors (Lipinski definition) is 0. The fraction of sp³-hybridized carbons (Fsp3) is 0.471. The van der Waals surface area contributed by atoms with Gasteiger partial charge >= 0.3 is 0 Å². The molecule has 0 aliphatic heterocycles. The summed E-state index contributed by atoms with van der Waals surface area (Å²) in [5, 5.41) is 1.21. The predicted octanol–water partition coefficient (Wildman–Crippen LogP) is 3.12. The summed E-state index contributed by atoms with van der Waals surface area (Å²) in [6, 6.07) is 11.0. The lowest BCUT2D eigenvalue weighted by Gasteiger charge is -2.21. The van der Waals surface area contributed by atoms with Gasteiger partial charge in [-0.1, -0.05) is 25.1 Å². The molecule has 3 nitrogen and oxygen atoms in total. The summed E-state index contributed by atoms with van der Waals surface area (Å²) < 4.78 is 2.14. The second kappa shape index (κ2) is 5.31. The molecular formula is C17H22N2O. The number of aromatic nitrogens is 1. The first-order chi connectivity index (χ1) is 9.70. The van der Waals surface area contributed by atoms with Crippen LogP contribution in [0.15, 0.2) is 30.3 Å². The molecule has 1 aromatic heterocycles. The summed E-state index contributed by atoms with van der Waals surface area (Å²) in [7, 11) is 2.05. The molecule has 106 valence electrons. The van der Waals surface area contributed by atoms with Crippen LogP contribution in [-0.2, 0) is 18.3 Å². The smallest absolute Gasteiger partial charge is 0.228 e. The highest BCUT2D eigenvalue weighted by atomic mass is 16.2. The van der Waals surface area contributed by atoms with Crippen LogP contribution in [0, 0.1) is 0 Å². The number of para-hydroxylation sites is 1. The van der Waals surface area contributed by atoms with E-state index in [-0.39, 0.29) is 5.91 Å². The topological polar surface area (TPSA) is 25.2 Å². The first-order valence-corrected chi connectivity index (χ1v) is 7.53. The number of carbonyl (C=O) groups is 1. The minimum Gasteiger partial charge on any atom is -0.347 e. The van der Waals surface area contributed by atoms with Gasteiger partial charge in [-0.15, -0.1) is 0 Å². The number of amides is 1. The Morgan fingerprint density at radius 3 is 2.75 bits per heavy atom. The molecular weight excluding hydrogens is 248 g/mol. The van der Waals surface area contributed by atoms with Gasteiger partial charge in [0.1, 0.15) is 0 Å². The highest BCUT2D eigenvalue weighted by molar-refractivity contribution is 5.85. The van der Waals surface area contributed by atoms with E-state index in [0.717, 1.165) is 18.7 Å². The molecule has 2 aromatic rings. The summed E-state index contributed by atoms with van der Waals surface area (Å²) in [6.45, 7) is 3.03. The third-order valence-electron chi connectivity index (χ3n) is 4.16. The van der Waals surface area contributed by atoms with Crippen LogP contribution in [-0.4, -0.2) is 28.0 Å². The van der Waals surface area contributed by atoms with E-state index in [4.69, 9.17) is 0 Å². The summed E-state index contributed by atoms with van der Waals surface area (Å²) in [4.78, 5) is 14.6. The number of fused-ring (bicyclic) bond motifs is 1. The van der Waals surface area contributed by atoms with Crippen LogP contribution >= 0.6 is 0 Å². The molecule has 0 bridgehead atoms. The monoisotopic (exact) mass is 270 g/mol. The minimum atomic E-state index is 0.278. The Morgan fingerprint density at radius 2 is 2.10 bits per heavy atom. The quantitative estimate of drug-likeness (QED) is 0.819. The van der Waals surface area contributed by atoms with Crippen LogP contribution in [0.2, 0.25) is 0 Å². The van der Waals surface area contributed by atoms with Gasteiger partial charge in [0.15, 0.2) is 0 Å². The van der Waals surface area contributed by atoms with Crippen molar-refractivity contribution in [1.82, 2.24) is 9.47 Å². The van der Waals surface area contributed by atoms with Crippen molar-refractivity contribution in [3.05, 3.63) is 36.0 Å². The van der Waals surface area contributed by atoms with Gasteiger partial charge in [-0.25, -0.2) is 0 Å². The third-order valence-corrected chi connectivity index (χ3v) is 4.16. The Labute approximate surface area is 120 Å². The average molecular weight is 270 g/mol. The molecule has 3 heteroatoms. The number of aryl methyl sites for hydroxylation is 1. The predicted molar refractivity (Wildman–Crippen MR) is 81.6 cm³/mol. The maximum absolute atomic E-state index is 12.5. The zero-order valence-corrected chi connectivity index (χ0v) is 12.3. The first-order valence-electron chi connectivity index (χ1n) is 7.53. The third kappa shape index (κ3) is 2.45. The largest absolute Gasteiger partial charge is 0.347 e. The minimum absolute atomic E-state index is 0.278. The second-order valence-electron chi connectivity index (χ2n) is 5.75. The number of benzene rings is 1. The molecule has 1 amide bonds. The van der Waals surface area contributed by atoms with E-state index in [0.29, 0.717) is 12.5 Å². The van der Waals surface area contributed by atoms with Gasteiger partial charge in [0.05, 0.1) is 6.42 Å². The second-order valence-corrected chi connectivity index (χ2v) is 5.75. The van der Waals surface area contributed by atoms with Crippen LogP contribution in [0.1, 0.15) is 31.9 Å².